The molecule has 1 heterocycles. The first kappa shape index (κ1) is 16.9. The molecule has 1 fully saturated rings. The van der Waals surface area contributed by atoms with Gasteiger partial charge in [0.05, 0.1) is 12.1 Å². The molecule has 0 unspecified atom stereocenters. The van der Waals surface area contributed by atoms with Gasteiger partial charge >= 0.3 is 0 Å². The van der Waals surface area contributed by atoms with Crippen molar-refractivity contribution in [1.29, 1.82) is 0 Å². The van der Waals surface area contributed by atoms with Gasteiger partial charge < -0.3 is 20.5 Å². The van der Waals surface area contributed by atoms with E-state index in [0.717, 1.165) is 24.2 Å². The van der Waals surface area contributed by atoms with Gasteiger partial charge in [-0.3, -0.25) is 4.79 Å². The van der Waals surface area contributed by atoms with Crippen molar-refractivity contribution < 1.29 is 14.3 Å². The zero-order chi connectivity index (χ0) is 15.8. The summed E-state index contributed by atoms with van der Waals surface area (Å²) >= 11 is 0. The number of benzene rings is 1. The second-order valence-corrected chi connectivity index (χ2v) is 5.77. The molecule has 22 heavy (non-hydrogen) atoms. The summed E-state index contributed by atoms with van der Waals surface area (Å²) < 4.78 is 10.9. The van der Waals surface area contributed by atoms with E-state index in [4.69, 9.17) is 15.2 Å². The molecule has 0 aromatic heterocycles. The molecule has 1 aromatic rings. The number of hydrogen-bond acceptors (Lipinski definition) is 4. The minimum atomic E-state index is -0.800. The molecule has 2 rings (SSSR count). The van der Waals surface area contributed by atoms with Gasteiger partial charge in [0, 0.05) is 26.4 Å². The molecule has 1 amide bonds. The predicted octanol–water partition coefficient (Wildman–Crippen LogP) is 1.74. The molecule has 3 N–H and O–H groups in total. The molecule has 1 aliphatic heterocycles. The Balaban J connectivity index is 1.91. The van der Waals surface area contributed by atoms with Gasteiger partial charge in [-0.15, -0.1) is 0 Å². The highest BCUT2D eigenvalue weighted by molar-refractivity contribution is 5.86. The molecule has 5 heteroatoms. The van der Waals surface area contributed by atoms with E-state index in [9.17, 15) is 4.79 Å². The van der Waals surface area contributed by atoms with Crippen molar-refractivity contribution in [2.45, 2.75) is 44.9 Å². The van der Waals surface area contributed by atoms with Crippen molar-refractivity contribution in [3.05, 3.63) is 35.4 Å². The molecule has 122 valence electrons. The van der Waals surface area contributed by atoms with Crippen LogP contribution in [0, 0.1) is 0 Å². The van der Waals surface area contributed by atoms with Gasteiger partial charge in [-0.05, 0) is 30.4 Å². The third kappa shape index (κ3) is 4.53. The number of carbonyl (C=O) groups excluding carboxylic acids is 1. The maximum atomic E-state index is 12.3. The quantitative estimate of drug-likeness (QED) is 0.753. The fourth-order valence-corrected chi connectivity index (χ4v) is 2.51. The average molecular weight is 306 g/mol. The Labute approximate surface area is 132 Å². The highest BCUT2D eigenvalue weighted by Crippen LogP contribution is 2.18. The van der Waals surface area contributed by atoms with Crippen molar-refractivity contribution in [2.24, 2.45) is 5.73 Å². The second kappa shape index (κ2) is 8.27. The maximum absolute atomic E-state index is 12.3. The summed E-state index contributed by atoms with van der Waals surface area (Å²) in [4.78, 5) is 12.3. The van der Waals surface area contributed by atoms with E-state index in [-0.39, 0.29) is 5.91 Å². The molecular formula is C17H26N2O3. The van der Waals surface area contributed by atoms with Crippen LogP contribution in [0.2, 0.25) is 0 Å². The predicted molar refractivity (Wildman–Crippen MR) is 85.2 cm³/mol. The smallest absolute Gasteiger partial charge is 0.240 e. The summed E-state index contributed by atoms with van der Waals surface area (Å²) in [6.45, 7) is 4.97. The van der Waals surface area contributed by atoms with E-state index >= 15 is 0 Å². The molecule has 0 atom stereocenters. The molecule has 0 aliphatic carbocycles. The van der Waals surface area contributed by atoms with E-state index < -0.39 is 5.54 Å². The zero-order valence-electron chi connectivity index (χ0n) is 13.3. The second-order valence-electron chi connectivity index (χ2n) is 5.77. The Hall–Kier alpha value is -1.43. The topological polar surface area (TPSA) is 73.6 Å². The molecule has 1 aromatic carbocycles. The van der Waals surface area contributed by atoms with Crippen molar-refractivity contribution >= 4 is 5.91 Å². The monoisotopic (exact) mass is 306 g/mol. The molecule has 0 saturated carbocycles. The molecule has 0 radical (unpaired) electrons. The lowest BCUT2D eigenvalue weighted by atomic mass is 9.90. The van der Waals surface area contributed by atoms with Crippen LogP contribution in [-0.4, -0.2) is 31.3 Å². The van der Waals surface area contributed by atoms with Crippen LogP contribution in [0.4, 0.5) is 0 Å². The number of ether oxygens (including phenoxy) is 2. The van der Waals surface area contributed by atoms with Gasteiger partial charge in [0.2, 0.25) is 5.91 Å². The summed E-state index contributed by atoms with van der Waals surface area (Å²) in [6, 6.07) is 8.00. The van der Waals surface area contributed by atoms with E-state index in [0.29, 0.717) is 39.2 Å². The number of rotatable bonds is 7. The summed E-state index contributed by atoms with van der Waals surface area (Å²) in [5, 5.41) is 2.96. The van der Waals surface area contributed by atoms with Gasteiger partial charge in [-0.2, -0.15) is 0 Å². The minimum Gasteiger partial charge on any atom is -0.381 e. The molecule has 5 nitrogen and oxygen atoms in total. The number of carbonyl (C=O) groups is 1. The Morgan fingerprint density at radius 2 is 2.00 bits per heavy atom. The number of nitrogens with one attached hydrogen (secondary N) is 1. The largest absolute Gasteiger partial charge is 0.381 e. The van der Waals surface area contributed by atoms with Gasteiger partial charge in [0.1, 0.15) is 0 Å². The van der Waals surface area contributed by atoms with E-state index in [1.54, 1.807) is 0 Å². The van der Waals surface area contributed by atoms with Crippen molar-refractivity contribution in [3.8, 4) is 0 Å². The van der Waals surface area contributed by atoms with Gasteiger partial charge in [-0.25, -0.2) is 0 Å². The number of nitrogens with two attached hydrogens (primary N) is 1. The summed E-state index contributed by atoms with van der Waals surface area (Å²) in [5.74, 6) is -0.0971. The Kier molecular flexibility index (Phi) is 6.36. The molecule has 0 bridgehead atoms. The van der Waals surface area contributed by atoms with E-state index in [2.05, 4.69) is 12.2 Å². The van der Waals surface area contributed by atoms with Crippen LogP contribution in [0.15, 0.2) is 24.3 Å². The lowest BCUT2D eigenvalue weighted by Crippen LogP contribution is -2.56. The first-order valence-electron chi connectivity index (χ1n) is 7.95. The Bertz CT molecular complexity index is 485. The van der Waals surface area contributed by atoms with Gasteiger partial charge in [-0.1, -0.05) is 31.2 Å². The van der Waals surface area contributed by atoms with Crippen LogP contribution in [0.25, 0.3) is 0 Å². The first-order valence-corrected chi connectivity index (χ1v) is 7.95. The molecule has 1 saturated heterocycles. The normalized spacial score (nSPS) is 17.2. The van der Waals surface area contributed by atoms with Crippen LogP contribution >= 0.6 is 0 Å². The van der Waals surface area contributed by atoms with Crippen molar-refractivity contribution in [1.82, 2.24) is 5.32 Å². The SMILES string of the molecule is CCCOCc1ccccc1CNC(=O)C1(N)CCOCC1. The fraction of sp³-hybridized carbons (Fsp3) is 0.588. The van der Waals surface area contributed by atoms with Crippen LogP contribution in [-0.2, 0) is 27.4 Å². The highest BCUT2D eigenvalue weighted by Gasteiger charge is 2.35. The third-order valence-electron chi connectivity index (χ3n) is 4.00. The average Bonchev–Trinajstić information content (AvgIpc) is 2.54. The number of amides is 1. The minimum absolute atomic E-state index is 0.0971. The fourth-order valence-electron chi connectivity index (χ4n) is 2.51. The summed E-state index contributed by atoms with van der Waals surface area (Å²) in [7, 11) is 0. The van der Waals surface area contributed by atoms with Crippen LogP contribution in [0.1, 0.15) is 37.3 Å². The van der Waals surface area contributed by atoms with Crippen molar-refractivity contribution in [3.63, 3.8) is 0 Å². The van der Waals surface area contributed by atoms with E-state index in [1.165, 1.54) is 0 Å². The lowest BCUT2D eigenvalue weighted by molar-refractivity contribution is -0.129. The first-order chi connectivity index (χ1) is 10.7. The van der Waals surface area contributed by atoms with Gasteiger partial charge in [0.25, 0.3) is 0 Å². The molecular weight excluding hydrogens is 280 g/mol. The maximum Gasteiger partial charge on any atom is 0.240 e. The number of hydrogen-bond donors (Lipinski definition) is 2. The van der Waals surface area contributed by atoms with Crippen molar-refractivity contribution in [2.75, 3.05) is 19.8 Å². The van der Waals surface area contributed by atoms with Crippen LogP contribution < -0.4 is 11.1 Å². The van der Waals surface area contributed by atoms with E-state index in [1.807, 2.05) is 24.3 Å². The molecule has 0 spiro atoms. The third-order valence-corrected chi connectivity index (χ3v) is 4.00. The summed E-state index contributed by atoms with van der Waals surface area (Å²) in [5.41, 5.74) is 7.56. The van der Waals surface area contributed by atoms with Crippen LogP contribution in [0.5, 0.6) is 0 Å². The van der Waals surface area contributed by atoms with Crippen LogP contribution in [0.3, 0.4) is 0 Å². The van der Waals surface area contributed by atoms with Gasteiger partial charge in [0.15, 0.2) is 0 Å². The summed E-state index contributed by atoms with van der Waals surface area (Å²) in [6.07, 6.45) is 2.14. The standard InChI is InChI=1S/C17H26N2O3/c1-2-9-22-13-15-6-4-3-5-14(15)12-19-16(20)17(18)7-10-21-11-8-17/h3-6H,2,7-13,18H2,1H3,(H,19,20). The lowest BCUT2D eigenvalue weighted by Gasteiger charge is -2.31. The zero-order valence-corrected chi connectivity index (χ0v) is 13.3. The highest BCUT2D eigenvalue weighted by atomic mass is 16.5. The Morgan fingerprint density at radius 3 is 2.68 bits per heavy atom. The molecule has 1 aliphatic rings. The Morgan fingerprint density at radius 1 is 1.32 bits per heavy atom.